The zero-order chi connectivity index (χ0) is 15.7. The van der Waals surface area contributed by atoms with Crippen LogP contribution in [-0.2, 0) is 10.0 Å². The molecule has 1 heterocycles. The monoisotopic (exact) mass is 318 g/mol. The lowest BCUT2D eigenvalue weighted by Crippen LogP contribution is -2.09. The van der Waals surface area contributed by atoms with Gasteiger partial charge in [0.25, 0.3) is 0 Å². The summed E-state index contributed by atoms with van der Waals surface area (Å²) in [5, 5.41) is 0. The number of oxazole rings is 1. The second kappa shape index (κ2) is 5.34. The summed E-state index contributed by atoms with van der Waals surface area (Å²) < 4.78 is 35.7. The highest BCUT2D eigenvalue weighted by atomic mass is 32.2. The van der Waals surface area contributed by atoms with Crippen molar-refractivity contribution in [1.29, 1.82) is 0 Å². The fourth-order valence-electron chi connectivity index (χ4n) is 2.06. The third kappa shape index (κ3) is 3.04. The molecule has 2 aromatic carbocycles. The van der Waals surface area contributed by atoms with E-state index in [-0.39, 0.29) is 0 Å². The first-order valence-electron chi connectivity index (χ1n) is 6.47. The van der Waals surface area contributed by atoms with E-state index in [9.17, 15) is 8.42 Å². The van der Waals surface area contributed by atoms with Gasteiger partial charge in [0, 0.05) is 11.6 Å². The van der Waals surface area contributed by atoms with Gasteiger partial charge in [-0.25, -0.2) is 13.4 Å². The van der Waals surface area contributed by atoms with E-state index >= 15 is 0 Å². The number of rotatable bonds is 4. The number of benzene rings is 2. The third-order valence-electron chi connectivity index (χ3n) is 3.03. The Labute approximate surface area is 127 Å². The lowest BCUT2D eigenvalue weighted by Gasteiger charge is -2.01. The molecule has 0 aliphatic carbocycles. The molecular formula is C15H14N2O4S. The maximum atomic E-state index is 11.3. The molecule has 22 heavy (non-hydrogen) atoms. The van der Waals surface area contributed by atoms with E-state index in [0.717, 1.165) is 17.6 Å². The minimum absolute atomic E-state index is 0.437. The van der Waals surface area contributed by atoms with Crippen molar-refractivity contribution in [3.05, 3.63) is 42.5 Å². The van der Waals surface area contributed by atoms with Gasteiger partial charge in [-0.15, -0.1) is 0 Å². The van der Waals surface area contributed by atoms with E-state index in [1.165, 1.54) is 0 Å². The van der Waals surface area contributed by atoms with Gasteiger partial charge in [0.15, 0.2) is 5.58 Å². The molecule has 0 spiro atoms. The zero-order valence-corrected chi connectivity index (χ0v) is 12.8. The average molecular weight is 318 g/mol. The van der Waals surface area contributed by atoms with Gasteiger partial charge < -0.3 is 9.15 Å². The molecule has 1 N–H and O–H groups in total. The van der Waals surface area contributed by atoms with E-state index in [4.69, 9.17) is 9.15 Å². The highest BCUT2D eigenvalue weighted by Gasteiger charge is 2.10. The van der Waals surface area contributed by atoms with Gasteiger partial charge in [-0.05, 0) is 36.4 Å². The summed E-state index contributed by atoms with van der Waals surface area (Å²) in [6.45, 7) is 0. The molecule has 0 saturated heterocycles. The van der Waals surface area contributed by atoms with Crippen LogP contribution in [0.3, 0.4) is 0 Å². The number of hydrogen-bond donors (Lipinski definition) is 1. The average Bonchev–Trinajstić information content (AvgIpc) is 2.89. The first kappa shape index (κ1) is 14.4. The second-order valence-corrected chi connectivity index (χ2v) is 6.55. The molecule has 0 aliphatic rings. The van der Waals surface area contributed by atoms with Gasteiger partial charge in [0.05, 0.1) is 19.1 Å². The molecule has 0 aliphatic heterocycles. The molecule has 0 amide bonds. The quantitative estimate of drug-likeness (QED) is 0.800. The van der Waals surface area contributed by atoms with Crippen LogP contribution in [0.15, 0.2) is 46.9 Å². The summed E-state index contributed by atoms with van der Waals surface area (Å²) >= 11 is 0. The van der Waals surface area contributed by atoms with Crippen molar-refractivity contribution in [1.82, 2.24) is 4.98 Å². The van der Waals surface area contributed by atoms with Crippen LogP contribution in [0, 0.1) is 0 Å². The SMILES string of the molecule is COc1ccc(-c2nc3ccc(NS(C)(=O)=O)cc3o2)cc1. The van der Waals surface area contributed by atoms with E-state index in [1.54, 1.807) is 25.3 Å². The fraction of sp³-hybridized carbons (Fsp3) is 0.133. The van der Waals surface area contributed by atoms with Crippen LogP contribution >= 0.6 is 0 Å². The lowest BCUT2D eigenvalue weighted by atomic mass is 10.2. The van der Waals surface area contributed by atoms with Gasteiger partial charge in [-0.2, -0.15) is 0 Å². The zero-order valence-electron chi connectivity index (χ0n) is 12.0. The van der Waals surface area contributed by atoms with Crippen LogP contribution in [0.25, 0.3) is 22.6 Å². The number of methoxy groups -OCH3 is 1. The van der Waals surface area contributed by atoms with E-state index in [2.05, 4.69) is 9.71 Å². The normalized spacial score (nSPS) is 11.5. The molecule has 3 aromatic rings. The van der Waals surface area contributed by atoms with Crippen LogP contribution in [-0.4, -0.2) is 26.8 Å². The Hall–Kier alpha value is -2.54. The smallest absolute Gasteiger partial charge is 0.229 e. The van der Waals surface area contributed by atoms with Crippen molar-refractivity contribution in [2.24, 2.45) is 0 Å². The molecule has 114 valence electrons. The van der Waals surface area contributed by atoms with Crippen molar-refractivity contribution >= 4 is 26.8 Å². The Kier molecular flexibility index (Phi) is 3.50. The number of hydrogen-bond acceptors (Lipinski definition) is 5. The number of ether oxygens (including phenoxy) is 1. The molecule has 0 unspecified atom stereocenters. The minimum atomic E-state index is -3.32. The van der Waals surface area contributed by atoms with Crippen molar-refractivity contribution in [2.45, 2.75) is 0 Å². The third-order valence-corrected chi connectivity index (χ3v) is 3.64. The number of nitrogens with one attached hydrogen (secondary N) is 1. The Balaban J connectivity index is 1.98. The van der Waals surface area contributed by atoms with E-state index < -0.39 is 10.0 Å². The summed E-state index contributed by atoms with van der Waals surface area (Å²) in [4.78, 5) is 4.39. The highest BCUT2D eigenvalue weighted by molar-refractivity contribution is 7.92. The first-order valence-corrected chi connectivity index (χ1v) is 8.36. The van der Waals surface area contributed by atoms with Gasteiger partial charge in [0.2, 0.25) is 15.9 Å². The number of aromatic nitrogens is 1. The highest BCUT2D eigenvalue weighted by Crippen LogP contribution is 2.27. The number of nitrogens with zero attached hydrogens (tertiary/aromatic N) is 1. The molecule has 6 nitrogen and oxygen atoms in total. The summed E-state index contributed by atoms with van der Waals surface area (Å²) in [6, 6.07) is 12.3. The molecule has 0 bridgehead atoms. The summed E-state index contributed by atoms with van der Waals surface area (Å²) in [6.07, 6.45) is 1.10. The fourth-order valence-corrected chi connectivity index (χ4v) is 2.61. The van der Waals surface area contributed by atoms with Crippen molar-refractivity contribution < 1.29 is 17.6 Å². The predicted octanol–water partition coefficient (Wildman–Crippen LogP) is 2.87. The Morgan fingerprint density at radius 3 is 2.50 bits per heavy atom. The van der Waals surface area contributed by atoms with E-state index in [1.807, 2.05) is 24.3 Å². The maximum absolute atomic E-state index is 11.3. The molecule has 7 heteroatoms. The summed E-state index contributed by atoms with van der Waals surface area (Å²) in [5.74, 6) is 1.22. The topological polar surface area (TPSA) is 81.4 Å². The molecule has 0 saturated carbocycles. The number of sulfonamides is 1. The van der Waals surface area contributed by atoms with Crippen LogP contribution in [0.2, 0.25) is 0 Å². The molecular weight excluding hydrogens is 304 g/mol. The van der Waals surface area contributed by atoms with Gasteiger partial charge >= 0.3 is 0 Å². The number of anilines is 1. The lowest BCUT2D eigenvalue weighted by molar-refractivity contribution is 0.415. The van der Waals surface area contributed by atoms with Gasteiger partial charge in [-0.1, -0.05) is 0 Å². The standard InChI is InChI=1S/C15H14N2O4S/c1-20-12-6-3-10(4-7-12)15-16-13-8-5-11(9-14(13)21-15)17-22(2,18)19/h3-9,17H,1-2H3. The molecule has 0 atom stereocenters. The molecule has 0 radical (unpaired) electrons. The van der Waals surface area contributed by atoms with Gasteiger partial charge in [0.1, 0.15) is 11.3 Å². The van der Waals surface area contributed by atoms with E-state index in [0.29, 0.717) is 22.7 Å². The molecule has 3 rings (SSSR count). The molecule has 1 aromatic heterocycles. The van der Waals surface area contributed by atoms with Crippen molar-refractivity contribution in [3.8, 4) is 17.2 Å². The van der Waals surface area contributed by atoms with Crippen molar-refractivity contribution in [2.75, 3.05) is 18.1 Å². The second-order valence-electron chi connectivity index (χ2n) is 4.80. The maximum Gasteiger partial charge on any atom is 0.229 e. The van der Waals surface area contributed by atoms with Crippen LogP contribution in [0.5, 0.6) is 5.75 Å². The Bertz CT molecular complexity index is 914. The van der Waals surface area contributed by atoms with Crippen LogP contribution in [0.1, 0.15) is 0 Å². The van der Waals surface area contributed by atoms with Crippen LogP contribution < -0.4 is 9.46 Å². The van der Waals surface area contributed by atoms with Gasteiger partial charge in [-0.3, -0.25) is 4.72 Å². The Morgan fingerprint density at radius 2 is 1.86 bits per heavy atom. The number of fused-ring (bicyclic) bond motifs is 1. The summed E-state index contributed by atoms with van der Waals surface area (Å²) in [7, 11) is -1.72. The minimum Gasteiger partial charge on any atom is -0.497 e. The molecule has 0 fully saturated rings. The van der Waals surface area contributed by atoms with Crippen LogP contribution in [0.4, 0.5) is 5.69 Å². The largest absolute Gasteiger partial charge is 0.497 e. The summed E-state index contributed by atoms with van der Waals surface area (Å²) in [5.41, 5.74) is 2.42. The predicted molar refractivity (Wildman–Crippen MR) is 84.5 cm³/mol. The Morgan fingerprint density at radius 1 is 1.14 bits per heavy atom. The first-order chi connectivity index (χ1) is 10.4. The van der Waals surface area contributed by atoms with Crippen molar-refractivity contribution in [3.63, 3.8) is 0 Å².